The molecular weight excluding hydrogens is 366 g/mol. The Hall–Kier alpha value is -2.84. The van der Waals surface area contributed by atoms with Crippen LogP contribution in [0.15, 0.2) is 47.0 Å². The van der Waals surface area contributed by atoms with Gasteiger partial charge in [0, 0.05) is 36.8 Å². The minimum absolute atomic E-state index is 0.134. The van der Waals surface area contributed by atoms with Crippen molar-refractivity contribution in [3.63, 3.8) is 0 Å². The van der Waals surface area contributed by atoms with Crippen LogP contribution in [0, 0.1) is 0 Å². The summed E-state index contributed by atoms with van der Waals surface area (Å²) < 4.78 is 3.19. The number of hydrogen-bond acceptors (Lipinski definition) is 7. The molecule has 0 radical (unpaired) electrons. The lowest BCUT2D eigenvalue weighted by molar-refractivity contribution is 0.824. The summed E-state index contributed by atoms with van der Waals surface area (Å²) in [4.78, 5) is 24.7. The second-order valence-electron chi connectivity index (χ2n) is 6.12. The van der Waals surface area contributed by atoms with Gasteiger partial charge < -0.3 is 4.90 Å². The third-order valence-electron chi connectivity index (χ3n) is 4.34. The van der Waals surface area contributed by atoms with Crippen molar-refractivity contribution in [3.05, 3.63) is 52.5 Å². The van der Waals surface area contributed by atoms with E-state index in [9.17, 15) is 4.79 Å². The summed E-state index contributed by atoms with van der Waals surface area (Å²) >= 11 is 2.98. The van der Waals surface area contributed by atoms with Crippen molar-refractivity contribution < 1.29 is 0 Å². The van der Waals surface area contributed by atoms with E-state index < -0.39 is 0 Å². The molecule has 0 saturated carbocycles. The molecule has 0 amide bonds. The van der Waals surface area contributed by atoms with Gasteiger partial charge in [-0.15, -0.1) is 22.7 Å². The standard InChI is InChI=1S/C18H13N5OS2/c1-22(2)13-5-6-19-17-15(13)11-8-21-23(18(24)16(11)26-17)10-3-4-14-12(7-10)20-9-25-14/h3-9H,1-2H3. The minimum Gasteiger partial charge on any atom is -0.377 e. The average Bonchev–Trinajstić information content (AvgIpc) is 3.25. The van der Waals surface area contributed by atoms with Gasteiger partial charge in [-0.3, -0.25) is 4.79 Å². The lowest BCUT2D eigenvalue weighted by atomic mass is 10.2. The molecule has 0 atom stereocenters. The highest BCUT2D eigenvalue weighted by Crippen LogP contribution is 2.36. The number of anilines is 1. The third-order valence-corrected chi connectivity index (χ3v) is 6.25. The normalized spacial score (nSPS) is 11.6. The van der Waals surface area contributed by atoms with Gasteiger partial charge >= 0.3 is 0 Å². The third kappa shape index (κ3) is 2.16. The van der Waals surface area contributed by atoms with Crippen LogP contribution < -0.4 is 10.5 Å². The molecule has 0 bridgehead atoms. The van der Waals surface area contributed by atoms with Gasteiger partial charge in [-0.05, 0) is 24.3 Å². The first-order valence-corrected chi connectivity index (χ1v) is 9.63. The molecule has 0 aliphatic carbocycles. The number of benzene rings is 1. The molecule has 0 saturated heterocycles. The Kier molecular flexibility index (Phi) is 3.31. The van der Waals surface area contributed by atoms with Crippen LogP contribution >= 0.6 is 22.7 Å². The highest BCUT2D eigenvalue weighted by Gasteiger charge is 2.16. The smallest absolute Gasteiger partial charge is 0.289 e. The van der Waals surface area contributed by atoms with E-state index in [1.54, 1.807) is 29.2 Å². The van der Waals surface area contributed by atoms with E-state index in [1.165, 1.54) is 16.0 Å². The van der Waals surface area contributed by atoms with Crippen LogP contribution in [0.4, 0.5) is 5.69 Å². The average molecular weight is 379 g/mol. The zero-order chi connectivity index (χ0) is 17.8. The number of thiophene rings is 1. The van der Waals surface area contributed by atoms with Crippen molar-refractivity contribution in [2.24, 2.45) is 0 Å². The van der Waals surface area contributed by atoms with E-state index in [0.29, 0.717) is 10.4 Å². The van der Waals surface area contributed by atoms with Crippen molar-refractivity contribution in [1.82, 2.24) is 19.7 Å². The van der Waals surface area contributed by atoms with Crippen molar-refractivity contribution in [1.29, 1.82) is 0 Å². The number of rotatable bonds is 2. The van der Waals surface area contributed by atoms with Crippen molar-refractivity contribution in [3.8, 4) is 5.69 Å². The van der Waals surface area contributed by atoms with Crippen LogP contribution in [0.3, 0.4) is 0 Å². The Morgan fingerprint density at radius 3 is 2.88 bits per heavy atom. The van der Waals surface area contributed by atoms with Gasteiger partial charge in [0.2, 0.25) is 0 Å². The molecule has 0 unspecified atom stereocenters. The second kappa shape index (κ2) is 5.58. The Bertz CT molecular complexity index is 1350. The molecule has 8 heteroatoms. The largest absolute Gasteiger partial charge is 0.377 e. The molecule has 5 rings (SSSR count). The lowest BCUT2D eigenvalue weighted by Gasteiger charge is -2.13. The number of fused-ring (bicyclic) bond motifs is 4. The summed E-state index contributed by atoms with van der Waals surface area (Å²) in [7, 11) is 3.96. The second-order valence-corrected chi connectivity index (χ2v) is 8.00. The fourth-order valence-corrected chi connectivity index (χ4v) is 4.83. The van der Waals surface area contributed by atoms with Gasteiger partial charge in [-0.2, -0.15) is 9.78 Å². The maximum atomic E-state index is 13.1. The minimum atomic E-state index is -0.134. The van der Waals surface area contributed by atoms with E-state index in [0.717, 1.165) is 31.5 Å². The fraction of sp³-hybridized carbons (Fsp3) is 0.111. The van der Waals surface area contributed by atoms with E-state index in [1.807, 2.05) is 43.3 Å². The molecule has 26 heavy (non-hydrogen) atoms. The van der Waals surface area contributed by atoms with Gasteiger partial charge in [-0.25, -0.2) is 9.97 Å². The van der Waals surface area contributed by atoms with Crippen LogP contribution in [0.1, 0.15) is 0 Å². The van der Waals surface area contributed by atoms with Crippen LogP contribution in [0.2, 0.25) is 0 Å². The van der Waals surface area contributed by atoms with Crippen LogP contribution in [-0.4, -0.2) is 33.8 Å². The molecule has 0 aliphatic heterocycles. The van der Waals surface area contributed by atoms with E-state index in [-0.39, 0.29) is 5.56 Å². The first kappa shape index (κ1) is 15.4. The van der Waals surface area contributed by atoms with Gasteiger partial charge in [-0.1, -0.05) is 0 Å². The van der Waals surface area contributed by atoms with Crippen LogP contribution in [-0.2, 0) is 0 Å². The first-order valence-electron chi connectivity index (χ1n) is 7.94. The van der Waals surface area contributed by atoms with Crippen molar-refractivity contribution in [2.45, 2.75) is 0 Å². The number of nitrogens with zero attached hydrogens (tertiary/aromatic N) is 5. The molecular formula is C18H13N5OS2. The van der Waals surface area contributed by atoms with Crippen molar-refractivity contribution in [2.75, 3.05) is 19.0 Å². The molecule has 5 aromatic rings. The molecule has 1 aromatic carbocycles. The zero-order valence-corrected chi connectivity index (χ0v) is 15.6. The van der Waals surface area contributed by atoms with Gasteiger partial charge in [0.15, 0.2) is 0 Å². The Balaban J connectivity index is 1.81. The fourth-order valence-electron chi connectivity index (χ4n) is 3.11. The molecule has 4 heterocycles. The summed E-state index contributed by atoms with van der Waals surface area (Å²) in [6.45, 7) is 0. The predicted octanol–water partition coefficient (Wildman–Crippen LogP) is 3.67. The predicted molar refractivity (Wildman–Crippen MR) is 108 cm³/mol. The number of aromatic nitrogens is 4. The van der Waals surface area contributed by atoms with Gasteiger partial charge in [0.05, 0.1) is 27.6 Å². The van der Waals surface area contributed by atoms with E-state index in [4.69, 9.17) is 0 Å². The molecule has 128 valence electrons. The maximum absolute atomic E-state index is 13.1. The SMILES string of the molecule is CN(C)c1ccnc2sc3c(=O)n(-c4ccc5scnc5c4)ncc3c12. The van der Waals surface area contributed by atoms with E-state index in [2.05, 4.69) is 15.1 Å². The molecule has 0 N–H and O–H groups in total. The van der Waals surface area contributed by atoms with Crippen molar-refractivity contribution >= 4 is 58.9 Å². The van der Waals surface area contributed by atoms with E-state index >= 15 is 0 Å². The summed E-state index contributed by atoms with van der Waals surface area (Å²) in [6, 6.07) is 7.72. The zero-order valence-electron chi connectivity index (χ0n) is 14.0. The lowest BCUT2D eigenvalue weighted by Crippen LogP contribution is -2.20. The number of thiazole rings is 1. The highest BCUT2D eigenvalue weighted by molar-refractivity contribution is 7.25. The summed E-state index contributed by atoms with van der Waals surface area (Å²) in [5.41, 5.74) is 4.28. The first-order chi connectivity index (χ1) is 12.6. The Morgan fingerprint density at radius 2 is 2.04 bits per heavy atom. The molecule has 0 spiro atoms. The number of pyridine rings is 1. The molecule has 4 aromatic heterocycles. The Morgan fingerprint density at radius 1 is 1.15 bits per heavy atom. The molecule has 0 aliphatic rings. The topological polar surface area (TPSA) is 63.9 Å². The van der Waals surface area contributed by atoms with Gasteiger partial charge in [0.25, 0.3) is 5.56 Å². The molecule has 6 nitrogen and oxygen atoms in total. The van der Waals surface area contributed by atoms with Crippen LogP contribution in [0.25, 0.3) is 36.2 Å². The number of hydrogen-bond donors (Lipinski definition) is 0. The molecule has 0 fully saturated rings. The summed E-state index contributed by atoms with van der Waals surface area (Å²) in [6.07, 6.45) is 3.53. The Labute approximate surface area is 156 Å². The monoisotopic (exact) mass is 379 g/mol. The summed E-state index contributed by atoms with van der Waals surface area (Å²) in [5.74, 6) is 0. The maximum Gasteiger partial charge on any atom is 0.289 e. The highest BCUT2D eigenvalue weighted by atomic mass is 32.1. The van der Waals surface area contributed by atoms with Crippen LogP contribution in [0.5, 0.6) is 0 Å². The van der Waals surface area contributed by atoms with Gasteiger partial charge in [0.1, 0.15) is 9.53 Å². The summed E-state index contributed by atoms with van der Waals surface area (Å²) in [5, 5.41) is 6.25. The quantitative estimate of drug-likeness (QED) is 0.468.